The van der Waals surface area contributed by atoms with Gasteiger partial charge in [-0.15, -0.1) is 0 Å². The maximum Gasteiger partial charge on any atom is 0.343 e. The van der Waals surface area contributed by atoms with Gasteiger partial charge in [-0.1, -0.05) is 136 Å². The van der Waals surface area contributed by atoms with Gasteiger partial charge in [-0.3, -0.25) is 4.79 Å². The van der Waals surface area contributed by atoms with Crippen LogP contribution in [0.25, 0.3) is 22.3 Å². The number of hydrogen-bond donors (Lipinski definition) is 0. The van der Waals surface area contributed by atoms with Crippen LogP contribution < -0.4 is 9.47 Å². The minimum atomic E-state index is -0.308. The van der Waals surface area contributed by atoms with Gasteiger partial charge in [-0.2, -0.15) is 0 Å². The lowest BCUT2D eigenvalue weighted by Gasteiger charge is -2.36. The number of ether oxygens (including phenoxy) is 2. The van der Waals surface area contributed by atoms with Crippen molar-refractivity contribution in [2.45, 2.75) is 111 Å². The maximum absolute atomic E-state index is 12.7. The fraction of sp³-hybridized carbons (Fsp3) is 0.407. The van der Waals surface area contributed by atoms with E-state index in [9.17, 15) is 9.59 Å². The summed E-state index contributed by atoms with van der Waals surface area (Å²) in [5.74, 6) is 5.08. The molecule has 0 radical (unpaired) electrons. The molecule has 302 valence electrons. The molecule has 0 amide bonds. The van der Waals surface area contributed by atoms with E-state index in [1.54, 1.807) is 0 Å². The number of benzene rings is 5. The van der Waals surface area contributed by atoms with Gasteiger partial charge in [0.15, 0.2) is 0 Å². The van der Waals surface area contributed by atoms with Gasteiger partial charge in [-0.05, 0) is 159 Å². The molecule has 0 unspecified atom stereocenters. The zero-order valence-corrected chi connectivity index (χ0v) is 35.1. The molecule has 3 aliphatic rings. The smallest absolute Gasteiger partial charge is 0.343 e. The molecule has 4 nitrogen and oxygen atoms in total. The molecule has 0 N–H and O–H groups in total. The molecule has 0 atom stereocenters. The normalized spacial score (nSPS) is 23.2. The fourth-order valence-electron chi connectivity index (χ4n) is 9.36. The van der Waals surface area contributed by atoms with Crippen LogP contribution >= 0.6 is 0 Å². The monoisotopic (exact) mass is 774 g/mol. The first-order valence-corrected chi connectivity index (χ1v) is 22.0. The van der Waals surface area contributed by atoms with Crippen molar-refractivity contribution in [3.05, 3.63) is 144 Å². The highest BCUT2D eigenvalue weighted by molar-refractivity contribution is 5.91. The minimum Gasteiger partial charge on any atom is -0.426 e. The number of hydrogen-bond acceptors (Lipinski definition) is 4. The highest BCUT2D eigenvalue weighted by atomic mass is 16.5. The number of carbonyl (C=O) groups excluding carboxylic acids is 2. The van der Waals surface area contributed by atoms with Gasteiger partial charge in [0.1, 0.15) is 11.5 Å². The van der Waals surface area contributed by atoms with Crippen molar-refractivity contribution in [3.8, 4) is 33.8 Å². The summed E-state index contributed by atoms with van der Waals surface area (Å²) < 4.78 is 11.3. The summed E-state index contributed by atoms with van der Waals surface area (Å²) in [5, 5.41) is 0. The Morgan fingerprint density at radius 3 is 1.26 bits per heavy atom. The van der Waals surface area contributed by atoms with Gasteiger partial charge < -0.3 is 9.47 Å². The van der Waals surface area contributed by atoms with Gasteiger partial charge in [0.25, 0.3) is 0 Å². The number of rotatable bonds is 8. The summed E-state index contributed by atoms with van der Waals surface area (Å²) in [5.41, 5.74) is 9.03. The summed E-state index contributed by atoms with van der Waals surface area (Å²) in [6, 6.07) is 40.5. The van der Waals surface area contributed by atoms with Crippen LogP contribution in [-0.2, 0) is 4.79 Å². The molecule has 5 aromatic carbocycles. The van der Waals surface area contributed by atoms with Crippen LogP contribution in [-0.4, -0.2) is 11.9 Å². The van der Waals surface area contributed by atoms with E-state index in [4.69, 9.17) is 9.47 Å². The molecule has 3 aliphatic carbocycles. The third-order valence-corrected chi connectivity index (χ3v) is 13.4. The molecule has 0 bridgehead atoms. The summed E-state index contributed by atoms with van der Waals surface area (Å²) >= 11 is 0. The van der Waals surface area contributed by atoms with Crippen molar-refractivity contribution >= 4 is 11.9 Å². The topological polar surface area (TPSA) is 52.6 Å². The van der Waals surface area contributed by atoms with Crippen LogP contribution in [0.2, 0.25) is 0 Å². The molecule has 0 spiro atoms. The van der Waals surface area contributed by atoms with Gasteiger partial charge in [0, 0.05) is 0 Å². The lowest BCUT2D eigenvalue weighted by Crippen LogP contribution is -2.29. The molecule has 4 heteroatoms. The molecular formula is C54H62O4. The van der Waals surface area contributed by atoms with Crippen LogP contribution in [0.15, 0.2) is 121 Å². The van der Waals surface area contributed by atoms with E-state index in [-0.39, 0.29) is 17.9 Å². The molecule has 8 rings (SSSR count). The standard InChI is InChI=1S/C27H34O2.C27H28O2/c2*1-19-3-7-21(8-4-19)23-11-13-25(14-12-23)27(28)29-26-17-15-24(16-18-26)22-9-5-20(2)6-10-22/h5-6,9-10,15-19,21,23,25H,3-4,7-8,11-14H2,1-2H3;5-6,9-19,21H,3-4,7-8H2,1-2H3. The number of aryl methyl sites for hydroxylation is 2. The van der Waals surface area contributed by atoms with Crippen LogP contribution in [0.3, 0.4) is 0 Å². The number of esters is 2. The lowest BCUT2D eigenvalue weighted by atomic mass is 9.69. The van der Waals surface area contributed by atoms with Crippen LogP contribution in [0, 0.1) is 43.4 Å². The molecule has 58 heavy (non-hydrogen) atoms. The maximum atomic E-state index is 12.7. The molecule has 0 aliphatic heterocycles. The largest absolute Gasteiger partial charge is 0.426 e. The first kappa shape index (κ1) is 41.2. The van der Waals surface area contributed by atoms with Crippen molar-refractivity contribution in [1.82, 2.24) is 0 Å². The summed E-state index contributed by atoms with van der Waals surface area (Å²) in [6.45, 7) is 8.89. The molecule has 3 fully saturated rings. The second kappa shape index (κ2) is 19.7. The Hall–Kier alpha value is -4.96. The summed E-state index contributed by atoms with van der Waals surface area (Å²) in [7, 11) is 0. The van der Waals surface area contributed by atoms with E-state index >= 15 is 0 Å². The zero-order valence-electron chi connectivity index (χ0n) is 35.1. The average Bonchev–Trinajstić information content (AvgIpc) is 3.26. The quantitative estimate of drug-likeness (QED) is 0.116. The molecular weight excluding hydrogens is 713 g/mol. The minimum absolute atomic E-state index is 0.0381. The Labute approximate surface area is 347 Å². The Morgan fingerprint density at radius 1 is 0.431 bits per heavy atom. The van der Waals surface area contributed by atoms with Crippen molar-refractivity contribution in [1.29, 1.82) is 0 Å². The van der Waals surface area contributed by atoms with E-state index in [1.807, 2.05) is 60.7 Å². The Morgan fingerprint density at radius 2 is 0.810 bits per heavy atom. The van der Waals surface area contributed by atoms with Crippen molar-refractivity contribution < 1.29 is 19.1 Å². The van der Waals surface area contributed by atoms with Crippen LogP contribution in [0.5, 0.6) is 11.5 Å². The van der Waals surface area contributed by atoms with E-state index in [0.717, 1.165) is 53.2 Å². The van der Waals surface area contributed by atoms with Crippen molar-refractivity contribution in [2.75, 3.05) is 0 Å². The summed E-state index contributed by atoms with van der Waals surface area (Å²) in [6.07, 6.45) is 15.1. The first-order chi connectivity index (χ1) is 28.2. The van der Waals surface area contributed by atoms with E-state index < -0.39 is 0 Å². The highest BCUT2D eigenvalue weighted by Gasteiger charge is 2.33. The van der Waals surface area contributed by atoms with E-state index in [1.165, 1.54) is 86.5 Å². The second-order valence-electron chi connectivity index (χ2n) is 17.8. The predicted octanol–water partition coefficient (Wildman–Crippen LogP) is 14.4. The Bertz CT molecular complexity index is 2040. The fourth-order valence-corrected chi connectivity index (χ4v) is 9.36. The Balaban J connectivity index is 0.000000177. The molecule has 5 aromatic rings. The van der Waals surface area contributed by atoms with E-state index in [2.05, 4.69) is 88.4 Å². The molecule has 0 heterocycles. The SMILES string of the molecule is Cc1ccc(-c2ccc(OC(=O)C3CCC(C4CCC(C)CC4)CC3)cc2)cc1.Cc1ccc(-c2ccc(OC(=O)c3ccc(C4CCC(C)CC4)cc3)cc2)cc1. The second-order valence-corrected chi connectivity index (χ2v) is 17.8. The summed E-state index contributed by atoms with van der Waals surface area (Å²) in [4.78, 5) is 25.2. The van der Waals surface area contributed by atoms with Crippen molar-refractivity contribution in [3.63, 3.8) is 0 Å². The van der Waals surface area contributed by atoms with Crippen molar-refractivity contribution in [2.24, 2.45) is 29.6 Å². The third-order valence-electron chi connectivity index (χ3n) is 13.4. The van der Waals surface area contributed by atoms with Gasteiger partial charge in [0.2, 0.25) is 0 Å². The van der Waals surface area contributed by atoms with E-state index in [0.29, 0.717) is 23.0 Å². The predicted molar refractivity (Wildman–Crippen MR) is 237 cm³/mol. The lowest BCUT2D eigenvalue weighted by molar-refractivity contribution is -0.140. The third kappa shape index (κ3) is 11.2. The van der Waals surface area contributed by atoms with Crippen LogP contribution in [0.4, 0.5) is 0 Å². The average molecular weight is 775 g/mol. The first-order valence-electron chi connectivity index (χ1n) is 22.0. The Kier molecular flexibility index (Phi) is 14.0. The van der Waals surface area contributed by atoms with Crippen LogP contribution in [0.1, 0.15) is 124 Å². The zero-order chi connectivity index (χ0) is 40.4. The highest BCUT2D eigenvalue weighted by Crippen LogP contribution is 2.42. The number of carbonyl (C=O) groups is 2. The van der Waals surface area contributed by atoms with Gasteiger partial charge in [-0.25, -0.2) is 4.79 Å². The van der Waals surface area contributed by atoms with Gasteiger partial charge in [0.05, 0.1) is 11.5 Å². The molecule has 0 saturated heterocycles. The molecule has 3 saturated carbocycles. The molecule has 0 aromatic heterocycles. The van der Waals surface area contributed by atoms with Gasteiger partial charge >= 0.3 is 11.9 Å².